The van der Waals surface area contributed by atoms with Crippen molar-refractivity contribution in [2.45, 2.75) is 12.5 Å². The maximum atomic E-state index is 11.7. The second-order valence-corrected chi connectivity index (χ2v) is 3.07. The third-order valence-electron chi connectivity index (χ3n) is 1.10. The maximum absolute atomic E-state index is 11.7. The fourth-order valence-corrected chi connectivity index (χ4v) is 1.21. The Kier molecular flexibility index (Phi) is 2.25. The fraction of sp³-hybridized carbons (Fsp3) is 0.750. The van der Waals surface area contributed by atoms with E-state index in [1.54, 1.807) is 0 Å². The van der Waals surface area contributed by atoms with Crippen LogP contribution in [0.15, 0.2) is 0 Å². The van der Waals surface area contributed by atoms with Crippen LogP contribution in [0.3, 0.4) is 0 Å². The number of hydrogen-bond acceptors (Lipinski definition) is 4. The van der Waals surface area contributed by atoms with E-state index in [1.165, 1.54) is 0 Å². The first-order valence-electron chi connectivity index (χ1n) is 2.81. The SMILES string of the molecule is O=C1CC(OP(=O)(F)F)CO1. The van der Waals surface area contributed by atoms with Crippen LogP contribution in [0.1, 0.15) is 6.42 Å². The highest BCUT2D eigenvalue weighted by molar-refractivity contribution is 7.47. The Hall–Kier alpha value is -0.480. The zero-order valence-electron chi connectivity index (χ0n) is 5.33. The molecule has 0 aromatic carbocycles. The first kappa shape index (κ1) is 8.62. The van der Waals surface area contributed by atoms with E-state index in [1.807, 2.05) is 0 Å². The van der Waals surface area contributed by atoms with Crippen LogP contribution < -0.4 is 0 Å². The van der Waals surface area contributed by atoms with Crippen LogP contribution in [0.5, 0.6) is 0 Å². The van der Waals surface area contributed by atoms with Gasteiger partial charge in [0.15, 0.2) is 0 Å². The summed E-state index contributed by atoms with van der Waals surface area (Å²) >= 11 is 0. The summed E-state index contributed by atoms with van der Waals surface area (Å²) < 4.78 is 41.1. The number of carbonyl (C=O) groups excluding carboxylic acids is 1. The Bertz CT molecular complexity index is 212. The van der Waals surface area contributed by atoms with Gasteiger partial charge in [-0.2, -0.15) is 0 Å². The van der Waals surface area contributed by atoms with Gasteiger partial charge in [0, 0.05) is 0 Å². The van der Waals surface area contributed by atoms with Crippen LogP contribution in [0.2, 0.25) is 0 Å². The van der Waals surface area contributed by atoms with Gasteiger partial charge in [0.25, 0.3) is 0 Å². The second kappa shape index (κ2) is 2.87. The van der Waals surface area contributed by atoms with Gasteiger partial charge in [-0.15, -0.1) is 8.39 Å². The Balaban J connectivity index is 2.40. The highest BCUT2D eigenvalue weighted by atomic mass is 31.2. The maximum Gasteiger partial charge on any atom is 0.552 e. The van der Waals surface area contributed by atoms with Gasteiger partial charge in [0.05, 0.1) is 6.42 Å². The summed E-state index contributed by atoms with van der Waals surface area (Å²) in [5.74, 6) is -0.608. The highest BCUT2D eigenvalue weighted by Crippen LogP contribution is 2.52. The summed E-state index contributed by atoms with van der Waals surface area (Å²) in [6.07, 6.45) is -1.30. The largest absolute Gasteiger partial charge is 0.552 e. The van der Waals surface area contributed by atoms with E-state index in [2.05, 4.69) is 9.26 Å². The molecule has 1 saturated heterocycles. The van der Waals surface area contributed by atoms with Gasteiger partial charge in [-0.05, 0) is 0 Å². The third kappa shape index (κ3) is 2.95. The number of carbonyl (C=O) groups is 1. The Morgan fingerprint density at radius 2 is 2.27 bits per heavy atom. The van der Waals surface area contributed by atoms with Crippen molar-refractivity contribution < 1.29 is 27.0 Å². The lowest BCUT2D eigenvalue weighted by Crippen LogP contribution is -2.08. The number of esters is 1. The van der Waals surface area contributed by atoms with Crippen LogP contribution in [0.4, 0.5) is 8.39 Å². The molecule has 1 atom stereocenters. The summed E-state index contributed by atoms with van der Waals surface area (Å²) in [5, 5.41) is 0. The number of halogens is 2. The molecule has 0 aliphatic carbocycles. The highest BCUT2D eigenvalue weighted by Gasteiger charge is 2.33. The van der Waals surface area contributed by atoms with Crippen LogP contribution in [0, 0.1) is 0 Å². The van der Waals surface area contributed by atoms with E-state index >= 15 is 0 Å². The summed E-state index contributed by atoms with van der Waals surface area (Å²) in [4.78, 5) is 10.3. The van der Waals surface area contributed by atoms with Gasteiger partial charge >= 0.3 is 14.0 Å². The fourth-order valence-electron chi connectivity index (χ4n) is 0.731. The van der Waals surface area contributed by atoms with Crippen LogP contribution in [-0.4, -0.2) is 18.7 Å². The molecule has 1 aliphatic rings. The quantitative estimate of drug-likeness (QED) is 0.482. The average molecular weight is 186 g/mol. The summed E-state index contributed by atoms with van der Waals surface area (Å²) in [5.41, 5.74) is 0. The molecule has 1 fully saturated rings. The molecule has 0 N–H and O–H groups in total. The summed E-state index contributed by atoms with van der Waals surface area (Å²) in [6.45, 7) is -0.239. The summed E-state index contributed by atoms with van der Waals surface area (Å²) in [6, 6.07) is 0. The molecule has 0 aromatic rings. The van der Waals surface area contributed by atoms with Crippen molar-refractivity contribution in [2.75, 3.05) is 6.61 Å². The third-order valence-corrected chi connectivity index (χ3v) is 1.64. The molecule has 0 aromatic heterocycles. The first-order chi connectivity index (χ1) is 4.97. The van der Waals surface area contributed by atoms with Crippen molar-refractivity contribution in [1.82, 2.24) is 0 Å². The minimum Gasteiger partial charge on any atom is -0.463 e. The van der Waals surface area contributed by atoms with Crippen LogP contribution in [-0.2, 0) is 18.6 Å². The van der Waals surface area contributed by atoms with Crippen molar-refractivity contribution >= 4 is 14.0 Å². The first-order valence-corrected chi connectivity index (χ1v) is 4.21. The number of cyclic esters (lactones) is 1. The van der Waals surface area contributed by atoms with Crippen LogP contribution >= 0.6 is 7.99 Å². The van der Waals surface area contributed by atoms with Gasteiger partial charge < -0.3 is 4.74 Å². The van der Waals surface area contributed by atoms with Gasteiger partial charge in [-0.1, -0.05) is 0 Å². The Morgan fingerprint density at radius 3 is 2.64 bits per heavy atom. The van der Waals surface area contributed by atoms with Crippen molar-refractivity contribution in [2.24, 2.45) is 0 Å². The standard InChI is InChI=1S/C4H5F2O4P/c5-11(6,8)10-3-1-4(7)9-2-3/h3H,1-2H2. The molecule has 1 unspecified atom stereocenters. The van der Waals surface area contributed by atoms with E-state index in [4.69, 9.17) is 0 Å². The molecule has 7 heteroatoms. The Morgan fingerprint density at radius 1 is 1.64 bits per heavy atom. The zero-order valence-corrected chi connectivity index (χ0v) is 6.22. The molecule has 0 amide bonds. The Labute approximate surface area is 61.2 Å². The molecule has 64 valence electrons. The molecule has 1 aliphatic heterocycles. The molecule has 0 spiro atoms. The zero-order chi connectivity index (χ0) is 8.48. The van der Waals surface area contributed by atoms with Crippen molar-refractivity contribution in [3.8, 4) is 0 Å². The van der Waals surface area contributed by atoms with Gasteiger partial charge in [-0.3, -0.25) is 9.32 Å². The van der Waals surface area contributed by atoms with Gasteiger partial charge in [0.1, 0.15) is 12.7 Å². The van der Waals surface area contributed by atoms with Crippen molar-refractivity contribution in [3.05, 3.63) is 0 Å². The minimum absolute atomic E-state index is 0.239. The second-order valence-electron chi connectivity index (χ2n) is 2.03. The van der Waals surface area contributed by atoms with Gasteiger partial charge in [0.2, 0.25) is 0 Å². The van der Waals surface area contributed by atoms with E-state index in [9.17, 15) is 17.8 Å². The molecule has 0 saturated carbocycles. The lowest BCUT2D eigenvalue weighted by atomic mass is 10.3. The van der Waals surface area contributed by atoms with E-state index < -0.39 is 20.1 Å². The molecule has 4 nitrogen and oxygen atoms in total. The predicted octanol–water partition coefficient (Wildman–Crippen LogP) is 1.37. The normalized spacial score (nSPS) is 25.3. The van der Waals surface area contributed by atoms with Crippen LogP contribution in [0.25, 0.3) is 0 Å². The predicted molar refractivity (Wildman–Crippen MR) is 30.3 cm³/mol. The summed E-state index contributed by atoms with van der Waals surface area (Å²) in [7, 11) is -5.47. The van der Waals surface area contributed by atoms with Gasteiger partial charge in [-0.25, -0.2) is 4.57 Å². The molecule has 11 heavy (non-hydrogen) atoms. The number of rotatable bonds is 2. The van der Waals surface area contributed by atoms with E-state index in [0.717, 1.165) is 0 Å². The topological polar surface area (TPSA) is 52.6 Å². The lowest BCUT2D eigenvalue weighted by Gasteiger charge is -2.04. The molecule has 1 heterocycles. The average Bonchev–Trinajstić information content (AvgIpc) is 2.10. The number of ether oxygens (including phenoxy) is 1. The van der Waals surface area contributed by atoms with E-state index in [0.29, 0.717) is 0 Å². The molecule has 1 rings (SSSR count). The molecule has 0 bridgehead atoms. The molecular weight excluding hydrogens is 181 g/mol. The number of hydrogen-bond donors (Lipinski definition) is 0. The van der Waals surface area contributed by atoms with Crippen molar-refractivity contribution in [1.29, 1.82) is 0 Å². The van der Waals surface area contributed by atoms with E-state index in [-0.39, 0.29) is 13.0 Å². The monoisotopic (exact) mass is 186 g/mol. The molecular formula is C4H5F2O4P. The molecule has 0 radical (unpaired) electrons. The smallest absolute Gasteiger partial charge is 0.463 e. The van der Waals surface area contributed by atoms with Crippen molar-refractivity contribution in [3.63, 3.8) is 0 Å². The minimum atomic E-state index is -5.47. The lowest BCUT2D eigenvalue weighted by molar-refractivity contribution is -0.137.